The molecule has 29 heavy (non-hydrogen) atoms. The fourth-order valence-electron chi connectivity index (χ4n) is 4.64. The van der Waals surface area contributed by atoms with Gasteiger partial charge in [-0.2, -0.15) is 13.2 Å². The van der Waals surface area contributed by atoms with Crippen LogP contribution in [-0.2, 0) is 5.60 Å². The summed E-state index contributed by atoms with van der Waals surface area (Å²) in [5.41, 5.74) is -3.49. The second kappa shape index (κ2) is 6.98. The van der Waals surface area contributed by atoms with Crippen LogP contribution < -0.4 is 0 Å². The van der Waals surface area contributed by atoms with Crippen molar-refractivity contribution in [1.82, 2.24) is 4.90 Å². The van der Waals surface area contributed by atoms with Crippen molar-refractivity contribution in [3.05, 3.63) is 35.4 Å². The Balaban J connectivity index is 1.48. The first kappa shape index (κ1) is 20.7. The molecule has 1 amide bonds. The van der Waals surface area contributed by atoms with E-state index in [-0.39, 0.29) is 23.6 Å². The molecule has 4 nitrogen and oxygen atoms in total. The lowest BCUT2D eigenvalue weighted by Gasteiger charge is -2.41. The zero-order valence-electron chi connectivity index (χ0n) is 16.6. The van der Waals surface area contributed by atoms with Crippen LogP contribution in [0.3, 0.4) is 0 Å². The summed E-state index contributed by atoms with van der Waals surface area (Å²) in [6.07, 6.45) is 2.18. The Bertz CT molecular complexity index is 759. The highest BCUT2D eigenvalue weighted by Gasteiger charge is 2.51. The Morgan fingerprint density at radius 2 is 1.52 bits per heavy atom. The van der Waals surface area contributed by atoms with E-state index in [0.717, 1.165) is 38.5 Å². The van der Waals surface area contributed by atoms with Gasteiger partial charge < -0.3 is 15.1 Å². The summed E-state index contributed by atoms with van der Waals surface area (Å²) in [5.74, 6) is 0.232. The number of amides is 1. The minimum absolute atomic E-state index is 0.0620. The van der Waals surface area contributed by atoms with Crippen molar-refractivity contribution in [2.24, 2.45) is 5.92 Å². The standard InChI is InChI=1S/C22H28F3NO3/c1-20(28,22(23,24)25)15-4-2-14(3-5-15)19(27)26(17-8-9-17)18-10-12-21(29,13-11-18)16-6-7-16/h2-5,16-18,28-29H,6-13H2,1H3/t18?,20-,21?/m0/s1. The number of aliphatic hydroxyl groups is 2. The number of carbonyl (C=O) groups excluding carboxylic acids is 1. The average molecular weight is 411 g/mol. The highest BCUT2D eigenvalue weighted by molar-refractivity contribution is 5.95. The molecule has 0 aromatic heterocycles. The van der Waals surface area contributed by atoms with E-state index in [2.05, 4.69) is 0 Å². The van der Waals surface area contributed by atoms with Crippen LogP contribution in [0.2, 0.25) is 0 Å². The third-order valence-corrected chi connectivity index (χ3v) is 6.97. The molecular weight excluding hydrogens is 383 g/mol. The minimum Gasteiger partial charge on any atom is -0.390 e. The molecule has 0 saturated heterocycles. The first-order valence-corrected chi connectivity index (χ1v) is 10.5. The van der Waals surface area contributed by atoms with Crippen LogP contribution in [0, 0.1) is 5.92 Å². The van der Waals surface area contributed by atoms with Gasteiger partial charge in [-0.1, -0.05) is 12.1 Å². The van der Waals surface area contributed by atoms with Crippen molar-refractivity contribution in [3.63, 3.8) is 0 Å². The van der Waals surface area contributed by atoms with E-state index in [4.69, 9.17) is 0 Å². The summed E-state index contributed by atoms with van der Waals surface area (Å²) in [6, 6.07) is 5.34. The Labute approximate surface area is 168 Å². The second-order valence-corrected chi connectivity index (χ2v) is 9.20. The first-order valence-electron chi connectivity index (χ1n) is 10.5. The maximum atomic E-state index is 13.2. The summed E-state index contributed by atoms with van der Waals surface area (Å²) in [4.78, 5) is 15.1. The van der Waals surface area contributed by atoms with E-state index in [1.54, 1.807) is 0 Å². The van der Waals surface area contributed by atoms with E-state index in [9.17, 15) is 28.2 Å². The van der Waals surface area contributed by atoms with Gasteiger partial charge in [-0.25, -0.2) is 0 Å². The zero-order valence-corrected chi connectivity index (χ0v) is 16.6. The highest BCUT2D eigenvalue weighted by Crippen LogP contribution is 2.48. The molecule has 4 rings (SSSR count). The molecule has 0 bridgehead atoms. The second-order valence-electron chi connectivity index (χ2n) is 9.20. The molecule has 3 saturated carbocycles. The fraction of sp³-hybridized carbons (Fsp3) is 0.682. The quantitative estimate of drug-likeness (QED) is 0.766. The molecule has 0 unspecified atom stereocenters. The summed E-state index contributed by atoms with van der Waals surface area (Å²) < 4.78 is 39.1. The number of hydrogen-bond acceptors (Lipinski definition) is 3. The topological polar surface area (TPSA) is 60.8 Å². The van der Waals surface area contributed by atoms with Crippen molar-refractivity contribution in [2.45, 2.75) is 87.8 Å². The Hall–Kier alpha value is -1.60. The lowest BCUT2D eigenvalue weighted by atomic mass is 9.78. The van der Waals surface area contributed by atoms with Crippen LogP contribution in [0.25, 0.3) is 0 Å². The summed E-state index contributed by atoms with van der Waals surface area (Å²) in [6.45, 7) is 0.712. The van der Waals surface area contributed by atoms with Gasteiger partial charge in [-0.3, -0.25) is 4.79 Å². The van der Waals surface area contributed by atoms with Gasteiger partial charge >= 0.3 is 6.18 Å². The molecule has 2 N–H and O–H groups in total. The van der Waals surface area contributed by atoms with Crippen molar-refractivity contribution >= 4 is 5.91 Å². The molecule has 7 heteroatoms. The van der Waals surface area contributed by atoms with Gasteiger partial charge in [0, 0.05) is 17.6 Å². The van der Waals surface area contributed by atoms with Gasteiger partial charge in [-0.15, -0.1) is 0 Å². The number of alkyl halides is 3. The molecule has 1 aromatic rings. The lowest BCUT2D eigenvalue weighted by Crippen LogP contribution is -2.48. The predicted molar refractivity (Wildman–Crippen MR) is 101 cm³/mol. The molecule has 3 aliphatic carbocycles. The monoisotopic (exact) mass is 411 g/mol. The van der Waals surface area contributed by atoms with Crippen molar-refractivity contribution in [2.75, 3.05) is 0 Å². The van der Waals surface area contributed by atoms with Crippen LogP contribution in [0.5, 0.6) is 0 Å². The Kier molecular flexibility index (Phi) is 4.97. The molecule has 1 atom stereocenters. The number of hydrogen-bond donors (Lipinski definition) is 2. The Morgan fingerprint density at radius 3 is 1.97 bits per heavy atom. The molecule has 3 fully saturated rings. The summed E-state index contributed by atoms with van der Waals surface area (Å²) in [7, 11) is 0. The molecule has 0 radical (unpaired) electrons. The molecule has 0 spiro atoms. The smallest absolute Gasteiger partial charge is 0.390 e. The van der Waals surface area contributed by atoms with Crippen molar-refractivity contribution < 1.29 is 28.2 Å². The Morgan fingerprint density at radius 1 is 1.00 bits per heavy atom. The number of rotatable bonds is 5. The van der Waals surface area contributed by atoms with Crippen molar-refractivity contribution in [3.8, 4) is 0 Å². The molecular formula is C22H28F3NO3. The van der Waals surface area contributed by atoms with Crippen LogP contribution >= 0.6 is 0 Å². The van der Waals surface area contributed by atoms with Gasteiger partial charge in [-0.05, 0) is 81.9 Å². The SMILES string of the molecule is C[C@](O)(c1ccc(C(=O)N(C2CC2)C2CCC(O)(C3CC3)CC2)cc1)C(F)(F)F. The zero-order chi connectivity index (χ0) is 21.0. The van der Waals surface area contributed by atoms with Crippen LogP contribution in [0.1, 0.15) is 74.2 Å². The number of carbonyl (C=O) groups is 1. The van der Waals surface area contributed by atoms with Crippen LogP contribution in [0.15, 0.2) is 24.3 Å². The van der Waals surface area contributed by atoms with Gasteiger partial charge in [0.05, 0.1) is 5.60 Å². The largest absolute Gasteiger partial charge is 0.421 e. The highest BCUT2D eigenvalue weighted by atomic mass is 19.4. The molecule has 0 heterocycles. The maximum Gasteiger partial charge on any atom is 0.421 e. The molecule has 3 aliphatic rings. The fourth-order valence-corrected chi connectivity index (χ4v) is 4.64. The molecule has 1 aromatic carbocycles. The summed E-state index contributed by atoms with van der Waals surface area (Å²) >= 11 is 0. The van der Waals surface area contributed by atoms with E-state index < -0.39 is 17.4 Å². The van der Waals surface area contributed by atoms with E-state index >= 15 is 0 Å². The molecule has 0 aliphatic heterocycles. The minimum atomic E-state index is -4.79. The van der Waals surface area contributed by atoms with Gasteiger partial charge in [0.1, 0.15) is 0 Å². The maximum absolute atomic E-state index is 13.2. The van der Waals surface area contributed by atoms with Crippen LogP contribution in [0.4, 0.5) is 13.2 Å². The number of benzene rings is 1. The number of halogens is 3. The van der Waals surface area contributed by atoms with E-state index in [1.165, 1.54) is 24.3 Å². The first-order chi connectivity index (χ1) is 13.5. The normalized spacial score (nSPS) is 29.9. The average Bonchev–Trinajstić information content (AvgIpc) is 3.55. The predicted octanol–water partition coefficient (Wildman–Crippen LogP) is 4.14. The van der Waals surface area contributed by atoms with Gasteiger partial charge in [0.2, 0.25) is 0 Å². The molecule has 160 valence electrons. The van der Waals surface area contributed by atoms with Gasteiger partial charge in [0.25, 0.3) is 5.91 Å². The van der Waals surface area contributed by atoms with Gasteiger partial charge in [0.15, 0.2) is 5.60 Å². The number of nitrogens with zero attached hydrogens (tertiary/aromatic N) is 1. The third-order valence-electron chi connectivity index (χ3n) is 6.97. The van der Waals surface area contributed by atoms with Crippen LogP contribution in [-0.4, -0.2) is 44.9 Å². The third kappa shape index (κ3) is 3.91. The van der Waals surface area contributed by atoms with E-state index in [0.29, 0.717) is 31.2 Å². The summed E-state index contributed by atoms with van der Waals surface area (Å²) in [5, 5.41) is 20.6. The van der Waals surface area contributed by atoms with Crippen molar-refractivity contribution in [1.29, 1.82) is 0 Å². The lowest BCUT2D eigenvalue weighted by molar-refractivity contribution is -0.258. The van der Waals surface area contributed by atoms with E-state index in [1.807, 2.05) is 4.90 Å².